The van der Waals surface area contributed by atoms with Crippen LogP contribution in [0, 0.1) is 6.92 Å². The van der Waals surface area contributed by atoms with E-state index >= 15 is 0 Å². The van der Waals surface area contributed by atoms with Crippen molar-refractivity contribution in [3.8, 4) is 11.4 Å². The summed E-state index contributed by atoms with van der Waals surface area (Å²) in [5, 5.41) is 9.57. The second-order valence-electron chi connectivity index (χ2n) is 6.22. The number of benzene rings is 2. The van der Waals surface area contributed by atoms with Crippen molar-refractivity contribution in [3.63, 3.8) is 0 Å². The summed E-state index contributed by atoms with van der Waals surface area (Å²) in [6.07, 6.45) is 1.58. The van der Waals surface area contributed by atoms with Crippen LogP contribution in [0.25, 0.3) is 5.69 Å². The summed E-state index contributed by atoms with van der Waals surface area (Å²) in [6, 6.07) is 16.1. The Balaban J connectivity index is 1.94. The van der Waals surface area contributed by atoms with Gasteiger partial charge in [0.2, 0.25) is 0 Å². The number of rotatable bonds is 7. The third-order valence-electron chi connectivity index (χ3n) is 4.23. The number of carboxylic acid groups (broad SMARTS) is 1. The Morgan fingerprint density at radius 1 is 1.07 bits per heavy atom. The Morgan fingerprint density at radius 2 is 1.82 bits per heavy atom. The SMILES string of the molecule is CCOC(=O)c1cc(C)n(-c2cc(OCc3ccccc3)ccc2C(=O)O)c1. The van der Waals surface area contributed by atoms with Crippen molar-refractivity contribution < 1.29 is 24.2 Å². The Labute approximate surface area is 162 Å². The molecule has 0 unspecified atom stereocenters. The number of esters is 1. The van der Waals surface area contributed by atoms with E-state index < -0.39 is 11.9 Å². The lowest BCUT2D eigenvalue weighted by molar-refractivity contribution is 0.0526. The summed E-state index contributed by atoms with van der Waals surface area (Å²) in [7, 11) is 0. The van der Waals surface area contributed by atoms with Crippen molar-refractivity contribution >= 4 is 11.9 Å². The maximum atomic E-state index is 12.0. The standard InChI is InChI=1S/C22H21NO5/c1-3-27-22(26)17-11-15(2)23(13-17)20-12-18(9-10-19(20)21(24)25)28-14-16-7-5-4-6-8-16/h4-13H,3,14H2,1-2H3,(H,24,25). The van der Waals surface area contributed by atoms with Crippen LogP contribution in [-0.2, 0) is 11.3 Å². The molecule has 1 N–H and O–H groups in total. The van der Waals surface area contributed by atoms with E-state index in [9.17, 15) is 14.7 Å². The number of hydrogen-bond acceptors (Lipinski definition) is 4. The van der Waals surface area contributed by atoms with Gasteiger partial charge in [0.15, 0.2) is 0 Å². The quantitative estimate of drug-likeness (QED) is 0.621. The smallest absolute Gasteiger partial charge is 0.339 e. The van der Waals surface area contributed by atoms with Crippen molar-refractivity contribution in [2.75, 3.05) is 6.61 Å². The van der Waals surface area contributed by atoms with Gasteiger partial charge >= 0.3 is 11.9 Å². The molecule has 6 nitrogen and oxygen atoms in total. The van der Waals surface area contributed by atoms with Crippen molar-refractivity contribution in [3.05, 3.63) is 83.2 Å². The average molecular weight is 379 g/mol. The van der Waals surface area contributed by atoms with E-state index in [1.165, 1.54) is 6.07 Å². The first-order valence-electron chi connectivity index (χ1n) is 8.90. The summed E-state index contributed by atoms with van der Waals surface area (Å²) in [5.74, 6) is -0.970. The maximum absolute atomic E-state index is 12.0. The molecule has 0 saturated heterocycles. The highest BCUT2D eigenvalue weighted by molar-refractivity contribution is 5.93. The fourth-order valence-corrected chi connectivity index (χ4v) is 2.88. The zero-order valence-corrected chi connectivity index (χ0v) is 15.7. The van der Waals surface area contributed by atoms with Gasteiger partial charge in [-0.25, -0.2) is 9.59 Å². The normalized spacial score (nSPS) is 10.5. The first-order chi connectivity index (χ1) is 13.5. The van der Waals surface area contributed by atoms with Gasteiger partial charge in [0, 0.05) is 18.0 Å². The van der Waals surface area contributed by atoms with Crippen LogP contribution in [0.4, 0.5) is 0 Å². The molecular formula is C22H21NO5. The highest BCUT2D eigenvalue weighted by atomic mass is 16.5. The molecule has 6 heteroatoms. The molecule has 28 heavy (non-hydrogen) atoms. The van der Waals surface area contributed by atoms with Crippen LogP contribution in [0.1, 0.15) is 38.9 Å². The summed E-state index contributed by atoms with van der Waals surface area (Å²) in [6.45, 7) is 4.17. The number of aromatic carboxylic acids is 1. The molecule has 144 valence electrons. The van der Waals surface area contributed by atoms with Crippen LogP contribution in [0.5, 0.6) is 5.75 Å². The monoisotopic (exact) mass is 379 g/mol. The van der Waals surface area contributed by atoms with Gasteiger partial charge in [0.1, 0.15) is 12.4 Å². The fraction of sp³-hybridized carbons (Fsp3) is 0.182. The molecule has 1 aromatic heterocycles. The van der Waals surface area contributed by atoms with E-state index in [-0.39, 0.29) is 12.2 Å². The van der Waals surface area contributed by atoms with E-state index in [0.29, 0.717) is 29.3 Å². The minimum absolute atomic E-state index is 0.112. The highest BCUT2D eigenvalue weighted by Crippen LogP contribution is 2.25. The van der Waals surface area contributed by atoms with Gasteiger partial charge in [-0.2, -0.15) is 0 Å². The minimum Gasteiger partial charge on any atom is -0.489 e. The lowest BCUT2D eigenvalue weighted by Crippen LogP contribution is -2.07. The van der Waals surface area contributed by atoms with Gasteiger partial charge in [0.25, 0.3) is 0 Å². The third kappa shape index (κ3) is 4.23. The van der Waals surface area contributed by atoms with E-state index in [1.807, 2.05) is 30.3 Å². The highest BCUT2D eigenvalue weighted by Gasteiger charge is 2.17. The molecular weight excluding hydrogens is 358 g/mol. The Morgan fingerprint density at radius 3 is 2.50 bits per heavy atom. The predicted octanol–water partition coefficient (Wildman–Crippen LogP) is 4.24. The topological polar surface area (TPSA) is 77.8 Å². The van der Waals surface area contributed by atoms with Crippen LogP contribution >= 0.6 is 0 Å². The summed E-state index contributed by atoms with van der Waals surface area (Å²) in [4.78, 5) is 23.7. The molecule has 2 aromatic carbocycles. The zero-order chi connectivity index (χ0) is 20.1. The first kappa shape index (κ1) is 19.2. The Hall–Kier alpha value is -3.54. The molecule has 3 rings (SSSR count). The molecule has 0 spiro atoms. The molecule has 0 aliphatic heterocycles. The number of nitrogens with zero attached hydrogens (tertiary/aromatic N) is 1. The van der Waals surface area contributed by atoms with Gasteiger partial charge in [-0.3, -0.25) is 0 Å². The minimum atomic E-state index is -1.06. The zero-order valence-electron chi connectivity index (χ0n) is 15.7. The molecule has 0 amide bonds. The second-order valence-corrected chi connectivity index (χ2v) is 6.22. The number of hydrogen-bond donors (Lipinski definition) is 1. The molecule has 3 aromatic rings. The summed E-state index contributed by atoms with van der Waals surface area (Å²) in [5.41, 5.74) is 2.62. The predicted molar refractivity (Wildman–Crippen MR) is 104 cm³/mol. The van der Waals surface area contributed by atoms with Gasteiger partial charge in [-0.15, -0.1) is 0 Å². The van der Waals surface area contributed by atoms with Crippen LogP contribution in [-0.4, -0.2) is 28.2 Å². The molecule has 0 aliphatic rings. The number of aromatic nitrogens is 1. The number of carbonyl (C=O) groups excluding carboxylic acids is 1. The lowest BCUT2D eigenvalue weighted by Gasteiger charge is -2.13. The van der Waals surface area contributed by atoms with E-state index in [1.54, 1.807) is 42.8 Å². The van der Waals surface area contributed by atoms with Crippen LogP contribution in [0.3, 0.4) is 0 Å². The second kappa shape index (κ2) is 8.43. The van der Waals surface area contributed by atoms with Crippen LogP contribution in [0.15, 0.2) is 60.8 Å². The lowest BCUT2D eigenvalue weighted by atomic mass is 10.1. The average Bonchev–Trinajstić information content (AvgIpc) is 3.09. The molecule has 0 atom stereocenters. The number of ether oxygens (including phenoxy) is 2. The third-order valence-corrected chi connectivity index (χ3v) is 4.23. The van der Waals surface area contributed by atoms with Gasteiger partial charge < -0.3 is 19.1 Å². The molecule has 0 bridgehead atoms. The fourth-order valence-electron chi connectivity index (χ4n) is 2.88. The van der Waals surface area contributed by atoms with Crippen molar-refractivity contribution in [2.45, 2.75) is 20.5 Å². The molecule has 0 aliphatic carbocycles. The Kier molecular flexibility index (Phi) is 5.79. The molecule has 0 saturated carbocycles. The van der Waals surface area contributed by atoms with Crippen LogP contribution in [0.2, 0.25) is 0 Å². The largest absolute Gasteiger partial charge is 0.489 e. The number of carboxylic acids is 1. The van der Waals surface area contributed by atoms with Crippen molar-refractivity contribution in [2.24, 2.45) is 0 Å². The molecule has 0 radical (unpaired) electrons. The van der Waals surface area contributed by atoms with Gasteiger partial charge in [-0.1, -0.05) is 30.3 Å². The number of aryl methyl sites for hydroxylation is 1. The van der Waals surface area contributed by atoms with Crippen LogP contribution < -0.4 is 4.74 Å². The number of carbonyl (C=O) groups is 2. The van der Waals surface area contributed by atoms with Gasteiger partial charge in [0.05, 0.1) is 23.4 Å². The summed E-state index contributed by atoms with van der Waals surface area (Å²) < 4.78 is 12.5. The summed E-state index contributed by atoms with van der Waals surface area (Å²) >= 11 is 0. The van der Waals surface area contributed by atoms with Crippen molar-refractivity contribution in [1.29, 1.82) is 0 Å². The Bertz CT molecular complexity index is 991. The molecule has 1 heterocycles. The maximum Gasteiger partial charge on any atom is 0.339 e. The first-order valence-corrected chi connectivity index (χ1v) is 8.90. The van der Waals surface area contributed by atoms with Gasteiger partial charge in [-0.05, 0) is 37.6 Å². The van der Waals surface area contributed by atoms with Crippen molar-refractivity contribution in [1.82, 2.24) is 4.57 Å². The molecule has 0 fully saturated rings. The van der Waals surface area contributed by atoms with E-state index in [2.05, 4.69) is 0 Å². The van der Waals surface area contributed by atoms with E-state index in [0.717, 1.165) is 5.56 Å². The van der Waals surface area contributed by atoms with E-state index in [4.69, 9.17) is 9.47 Å².